The molecule has 0 heterocycles. The molecule has 0 aromatic heterocycles. The summed E-state index contributed by atoms with van der Waals surface area (Å²) in [5.74, 6) is -1.40. The van der Waals surface area contributed by atoms with Gasteiger partial charge in [-0.15, -0.1) is 0 Å². The van der Waals surface area contributed by atoms with Crippen LogP contribution in [0.15, 0.2) is 24.3 Å². The van der Waals surface area contributed by atoms with Gasteiger partial charge in [-0.2, -0.15) is 0 Å². The Hall–Kier alpha value is -2.08. The Balaban J connectivity index is 2.60. The van der Waals surface area contributed by atoms with Crippen LogP contribution in [-0.2, 0) is 16.1 Å². The molecule has 1 unspecified atom stereocenters. The van der Waals surface area contributed by atoms with E-state index < -0.39 is 18.0 Å². The molecule has 6 nitrogen and oxygen atoms in total. The first kappa shape index (κ1) is 15.0. The van der Waals surface area contributed by atoms with Crippen LogP contribution in [0.1, 0.15) is 18.4 Å². The van der Waals surface area contributed by atoms with Crippen LogP contribution >= 0.6 is 0 Å². The molecule has 0 spiro atoms. The van der Waals surface area contributed by atoms with Gasteiger partial charge in [0, 0.05) is 18.5 Å². The molecule has 0 radical (unpaired) electrons. The quantitative estimate of drug-likeness (QED) is 0.653. The molecule has 0 aliphatic rings. The largest absolute Gasteiger partial charge is 0.496 e. The van der Waals surface area contributed by atoms with E-state index in [4.69, 9.17) is 14.9 Å². The normalized spacial score (nSPS) is 11.8. The number of carboxylic acid groups (broad SMARTS) is 2. The molecule has 0 saturated heterocycles. The summed E-state index contributed by atoms with van der Waals surface area (Å²) in [6.07, 6.45) is -0.143. The van der Waals surface area contributed by atoms with Crippen molar-refractivity contribution in [3.63, 3.8) is 0 Å². The molecule has 3 N–H and O–H groups in total. The lowest BCUT2D eigenvalue weighted by Crippen LogP contribution is -2.36. The Morgan fingerprint density at radius 1 is 1.32 bits per heavy atom. The monoisotopic (exact) mass is 267 g/mol. The number of ether oxygens (including phenoxy) is 1. The molecule has 0 amide bonds. The van der Waals surface area contributed by atoms with Gasteiger partial charge in [0.2, 0.25) is 0 Å². The van der Waals surface area contributed by atoms with Gasteiger partial charge in [0.25, 0.3) is 0 Å². The van der Waals surface area contributed by atoms with Crippen molar-refractivity contribution < 1.29 is 24.5 Å². The van der Waals surface area contributed by atoms with Crippen LogP contribution in [0.5, 0.6) is 5.75 Å². The maximum atomic E-state index is 11.0. The molecule has 0 aliphatic carbocycles. The minimum atomic E-state index is -1.06. The SMILES string of the molecule is COc1ccccc1CNC(CCC(=O)O)C(=O)O. The first-order chi connectivity index (χ1) is 9.04. The summed E-state index contributed by atoms with van der Waals surface area (Å²) in [6, 6.07) is 6.36. The fourth-order valence-electron chi connectivity index (χ4n) is 1.66. The third-order valence-corrected chi connectivity index (χ3v) is 2.68. The summed E-state index contributed by atoms with van der Waals surface area (Å²) in [6.45, 7) is 0.306. The van der Waals surface area contributed by atoms with Gasteiger partial charge in [0.15, 0.2) is 0 Å². The van der Waals surface area contributed by atoms with E-state index in [2.05, 4.69) is 5.32 Å². The van der Waals surface area contributed by atoms with E-state index >= 15 is 0 Å². The summed E-state index contributed by atoms with van der Waals surface area (Å²) in [5.41, 5.74) is 0.826. The molecule has 6 heteroatoms. The number of benzene rings is 1. The molecule has 0 fully saturated rings. The number of methoxy groups -OCH3 is 1. The van der Waals surface area contributed by atoms with Crippen LogP contribution in [0.3, 0.4) is 0 Å². The summed E-state index contributed by atoms with van der Waals surface area (Å²) in [7, 11) is 1.54. The second kappa shape index (κ2) is 7.38. The number of nitrogens with one attached hydrogen (secondary N) is 1. The van der Waals surface area contributed by atoms with Gasteiger partial charge in [0.1, 0.15) is 11.8 Å². The Kier molecular flexibility index (Phi) is 5.81. The molecular weight excluding hydrogens is 250 g/mol. The second-order valence-electron chi connectivity index (χ2n) is 4.02. The Labute approximate surface area is 111 Å². The number of hydrogen-bond acceptors (Lipinski definition) is 4. The lowest BCUT2D eigenvalue weighted by Gasteiger charge is -2.15. The average Bonchev–Trinajstić information content (AvgIpc) is 2.38. The van der Waals surface area contributed by atoms with E-state index in [9.17, 15) is 9.59 Å². The number of aliphatic carboxylic acids is 2. The van der Waals surface area contributed by atoms with Crippen molar-refractivity contribution in [1.82, 2.24) is 5.32 Å². The summed E-state index contributed by atoms with van der Waals surface area (Å²) < 4.78 is 5.15. The van der Waals surface area contributed by atoms with Gasteiger partial charge in [-0.3, -0.25) is 9.59 Å². The van der Waals surface area contributed by atoms with Crippen LogP contribution in [0.25, 0.3) is 0 Å². The van der Waals surface area contributed by atoms with E-state index in [1.54, 1.807) is 6.07 Å². The van der Waals surface area contributed by atoms with Crippen LogP contribution < -0.4 is 10.1 Å². The van der Waals surface area contributed by atoms with Crippen molar-refractivity contribution in [1.29, 1.82) is 0 Å². The highest BCUT2D eigenvalue weighted by molar-refractivity contribution is 5.75. The van der Waals surface area contributed by atoms with E-state index in [1.807, 2.05) is 18.2 Å². The van der Waals surface area contributed by atoms with Gasteiger partial charge in [-0.25, -0.2) is 0 Å². The average molecular weight is 267 g/mol. The summed E-state index contributed by atoms with van der Waals surface area (Å²) >= 11 is 0. The lowest BCUT2D eigenvalue weighted by atomic mass is 10.1. The van der Waals surface area contributed by atoms with Gasteiger partial charge in [-0.1, -0.05) is 18.2 Å². The van der Waals surface area contributed by atoms with E-state index in [1.165, 1.54) is 7.11 Å². The van der Waals surface area contributed by atoms with Gasteiger partial charge < -0.3 is 20.3 Å². The topological polar surface area (TPSA) is 95.9 Å². The molecule has 1 aromatic carbocycles. The predicted molar refractivity (Wildman–Crippen MR) is 68.1 cm³/mol. The maximum Gasteiger partial charge on any atom is 0.320 e. The molecule has 1 rings (SSSR count). The predicted octanol–water partition coefficient (Wildman–Crippen LogP) is 1.10. The molecular formula is C13H17NO5. The smallest absolute Gasteiger partial charge is 0.320 e. The van der Waals surface area contributed by atoms with Gasteiger partial charge >= 0.3 is 11.9 Å². The van der Waals surface area contributed by atoms with E-state index in [-0.39, 0.29) is 12.8 Å². The third kappa shape index (κ3) is 4.97. The van der Waals surface area contributed by atoms with E-state index in [0.29, 0.717) is 12.3 Å². The molecule has 104 valence electrons. The molecule has 0 aliphatic heterocycles. The van der Waals surface area contributed by atoms with Gasteiger partial charge in [0.05, 0.1) is 7.11 Å². The van der Waals surface area contributed by atoms with Crippen molar-refractivity contribution in [2.45, 2.75) is 25.4 Å². The molecule has 1 atom stereocenters. The first-order valence-electron chi connectivity index (χ1n) is 5.84. The summed E-state index contributed by atoms with van der Waals surface area (Å²) in [4.78, 5) is 21.5. The summed E-state index contributed by atoms with van der Waals surface area (Å²) in [5, 5.41) is 20.4. The van der Waals surface area contributed by atoms with Crippen molar-refractivity contribution in [2.75, 3.05) is 7.11 Å². The van der Waals surface area contributed by atoms with Crippen molar-refractivity contribution in [2.24, 2.45) is 0 Å². The zero-order valence-corrected chi connectivity index (χ0v) is 10.6. The highest BCUT2D eigenvalue weighted by atomic mass is 16.5. The maximum absolute atomic E-state index is 11.0. The number of rotatable bonds is 8. The van der Waals surface area contributed by atoms with Crippen LogP contribution in [0, 0.1) is 0 Å². The number of carboxylic acids is 2. The van der Waals surface area contributed by atoms with Crippen molar-refractivity contribution in [3.05, 3.63) is 29.8 Å². The minimum Gasteiger partial charge on any atom is -0.496 e. The Bertz CT molecular complexity index is 446. The molecule has 0 bridgehead atoms. The van der Waals surface area contributed by atoms with Gasteiger partial charge in [-0.05, 0) is 12.5 Å². The standard InChI is InChI=1S/C13H17NO5/c1-19-11-5-3-2-4-9(11)8-14-10(13(17)18)6-7-12(15)16/h2-5,10,14H,6-8H2,1H3,(H,15,16)(H,17,18). The van der Waals surface area contributed by atoms with Crippen LogP contribution in [-0.4, -0.2) is 35.3 Å². The van der Waals surface area contributed by atoms with Crippen LogP contribution in [0.2, 0.25) is 0 Å². The third-order valence-electron chi connectivity index (χ3n) is 2.68. The van der Waals surface area contributed by atoms with E-state index in [0.717, 1.165) is 5.56 Å². The van der Waals surface area contributed by atoms with Crippen molar-refractivity contribution in [3.8, 4) is 5.75 Å². The van der Waals surface area contributed by atoms with Crippen LogP contribution in [0.4, 0.5) is 0 Å². The number of carbonyl (C=O) groups is 2. The highest BCUT2D eigenvalue weighted by Crippen LogP contribution is 2.17. The highest BCUT2D eigenvalue weighted by Gasteiger charge is 2.18. The fourth-order valence-corrected chi connectivity index (χ4v) is 1.66. The molecule has 19 heavy (non-hydrogen) atoms. The zero-order chi connectivity index (χ0) is 14.3. The fraction of sp³-hybridized carbons (Fsp3) is 0.385. The molecule has 0 saturated carbocycles. The zero-order valence-electron chi connectivity index (χ0n) is 10.6. The second-order valence-corrected chi connectivity index (χ2v) is 4.02. The lowest BCUT2D eigenvalue weighted by molar-refractivity contribution is -0.140. The Morgan fingerprint density at radius 2 is 2.00 bits per heavy atom. The number of para-hydroxylation sites is 1. The van der Waals surface area contributed by atoms with Crippen molar-refractivity contribution >= 4 is 11.9 Å². The molecule has 1 aromatic rings. The minimum absolute atomic E-state index is 0.0415. The number of hydrogen-bond donors (Lipinski definition) is 3. The first-order valence-corrected chi connectivity index (χ1v) is 5.84. The Morgan fingerprint density at radius 3 is 2.58 bits per heavy atom.